The first-order chi connectivity index (χ1) is 10.6. The number of nitrogens with one attached hydrogen (secondary N) is 1. The number of halogens is 3. The van der Waals surface area contributed by atoms with Gasteiger partial charge in [-0.2, -0.15) is 0 Å². The summed E-state index contributed by atoms with van der Waals surface area (Å²) >= 11 is 0. The zero-order valence-electron chi connectivity index (χ0n) is 13.6. The van der Waals surface area contributed by atoms with Gasteiger partial charge in [-0.15, -0.1) is 13.2 Å². The molecular weight excluding hydrogens is 309 g/mol. The SMILES string of the molecule is CC(C)(C)[C@@H](c1cc(OC(F)(F)F)ccc1O)N1CCNCC1. The van der Waals surface area contributed by atoms with Gasteiger partial charge in [0.15, 0.2) is 0 Å². The van der Waals surface area contributed by atoms with Crippen LogP contribution in [0.25, 0.3) is 0 Å². The van der Waals surface area contributed by atoms with Gasteiger partial charge < -0.3 is 15.2 Å². The van der Waals surface area contributed by atoms with E-state index in [1.54, 1.807) is 0 Å². The third kappa shape index (κ3) is 4.75. The lowest BCUT2D eigenvalue weighted by Gasteiger charge is -2.42. The van der Waals surface area contributed by atoms with E-state index in [0.29, 0.717) is 5.56 Å². The molecule has 130 valence electrons. The molecule has 1 aliphatic heterocycles. The van der Waals surface area contributed by atoms with Crippen LogP contribution in [0, 0.1) is 5.41 Å². The summed E-state index contributed by atoms with van der Waals surface area (Å²) in [6.07, 6.45) is -4.75. The number of nitrogens with zero attached hydrogens (tertiary/aromatic N) is 1. The Kier molecular flexibility index (Phi) is 5.10. The summed E-state index contributed by atoms with van der Waals surface area (Å²) in [7, 11) is 0. The number of phenolic OH excluding ortho intramolecular Hbond substituents is 1. The van der Waals surface area contributed by atoms with Gasteiger partial charge in [0.1, 0.15) is 11.5 Å². The molecule has 0 radical (unpaired) electrons. The summed E-state index contributed by atoms with van der Waals surface area (Å²) in [4.78, 5) is 2.18. The molecule has 1 heterocycles. The van der Waals surface area contributed by atoms with Crippen LogP contribution >= 0.6 is 0 Å². The Hall–Kier alpha value is -1.47. The summed E-state index contributed by atoms with van der Waals surface area (Å²) in [5, 5.41) is 13.5. The van der Waals surface area contributed by atoms with Crippen molar-refractivity contribution in [2.24, 2.45) is 5.41 Å². The molecule has 1 aliphatic rings. The Morgan fingerprint density at radius 1 is 1.17 bits per heavy atom. The summed E-state index contributed by atoms with van der Waals surface area (Å²) in [6, 6.07) is 3.48. The predicted molar refractivity (Wildman–Crippen MR) is 81.4 cm³/mol. The Labute approximate surface area is 134 Å². The summed E-state index contributed by atoms with van der Waals surface area (Å²) in [6.45, 7) is 9.19. The fourth-order valence-corrected chi connectivity index (χ4v) is 3.10. The lowest BCUT2D eigenvalue weighted by atomic mass is 9.80. The lowest BCUT2D eigenvalue weighted by Crippen LogP contribution is -2.48. The van der Waals surface area contributed by atoms with Crippen molar-refractivity contribution in [2.45, 2.75) is 33.2 Å². The zero-order valence-corrected chi connectivity index (χ0v) is 13.6. The smallest absolute Gasteiger partial charge is 0.508 e. The number of hydrogen-bond acceptors (Lipinski definition) is 4. The standard InChI is InChI=1S/C16H23F3N2O2/c1-15(2,3)14(21-8-6-20-7-9-21)12-10-11(4-5-13(12)22)23-16(17,18)19/h4-5,10,14,20,22H,6-9H2,1-3H3/t14-/m1/s1. The molecule has 1 atom stereocenters. The molecule has 0 aliphatic carbocycles. The normalized spacial score (nSPS) is 18.7. The molecule has 1 fully saturated rings. The lowest BCUT2D eigenvalue weighted by molar-refractivity contribution is -0.274. The van der Waals surface area contributed by atoms with E-state index in [4.69, 9.17) is 0 Å². The van der Waals surface area contributed by atoms with Crippen molar-refractivity contribution in [3.05, 3.63) is 23.8 Å². The van der Waals surface area contributed by atoms with Gasteiger partial charge in [0.25, 0.3) is 0 Å². The van der Waals surface area contributed by atoms with Crippen LogP contribution in [-0.4, -0.2) is 42.5 Å². The van der Waals surface area contributed by atoms with Crippen LogP contribution in [0.5, 0.6) is 11.5 Å². The van der Waals surface area contributed by atoms with Gasteiger partial charge in [-0.3, -0.25) is 4.90 Å². The molecule has 1 aromatic carbocycles. The topological polar surface area (TPSA) is 44.7 Å². The molecule has 23 heavy (non-hydrogen) atoms. The van der Waals surface area contributed by atoms with Crippen molar-refractivity contribution in [3.8, 4) is 11.5 Å². The van der Waals surface area contributed by atoms with Gasteiger partial charge in [-0.1, -0.05) is 20.8 Å². The highest BCUT2D eigenvalue weighted by atomic mass is 19.4. The van der Waals surface area contributed by atoms with Crippen molar-refractivity contribution in [2.75, 3.05) is 26.2 Å². The van der Waals surface area contributed by atoms with E-state index in [2.05, 4.69) is 15.0 Å². The molecule has 7 heteroatoms. The highest BCUT2D eigenvalue weighted by Gasteiger charge is 2.36. The zero-order chi connectivity index (χ0) is 17.3. The first-order valence-corrected chi connectivity index (χ1v) is 7.61. The predicted octanol–water partition coefficient (Wildman–Crippen LogP) is 3.28. The number of ether oxygens (including phenoxy) is 1. The first kappa shape index (κ1) is 17.9. The third-order valence-corrected chi connectivity index (χ3v) is 3.86. The Morgan fingerprint density at radius 2 is 1.78 bits per heavy atom. The molecule has 0 aromatic heterocycles. The summed E-state index contributed by atoms with van der Waals surface area (Å²) < 4.78 is 41.4. The monoisotopic (exact) mass is 332 g/mol. The third-order valence-electron chi connectivity index (χ3n) is 3.86. The number of alkyl halides is 3. The number of rotatable bonds is 3. The average Bonchev–Trinajstić information content (AvgIpc) is 2.41. The van der Waals surface area contributed by atoms with Crippen LogP contribution in [0.2, 0.25) is 0 Å². The maximum Gasteiger partial charge on any atom is 0.573 e. The van der Waals surface area contributed by atoms with E-state index in [1.807, 2.05) is 20.8 Å². The Balaban J connectivity index is 2.39. The van der Waals surface area contributed by atoms with Crippen molar-refractivity contribution >= 4 is 0 Å². The molecule has 2 N–H and O–H groups in total. The minimum atomic E-state index is -4.75. The van der Waals surface area contributed by atoms with Crippen LogP contribution in [0.1, 0.15) is 32.4 Å². The molecule has 0 saturated carbocycles. The molecule has 2 rings (SSSR count). The maximum absolute atomic E-state index is 12.5. The number of phenols is 1. The second-order valence-electron chi connectivity index (χ2n) is 6.82. The van der Waals surface area contributed by atoms with Crippen molar-refractivity contribution in [1.82, 2.24) is 10.2 Å². The van der Waals surface area contributed by atoms with Crippen LogP contribution in [0.15, 0.2) is 18.2 Å². The maximum atomic E-state index is 12.5. The minimum Gasteiger partial charge on any atom is -0.508 e. The van der Waals surface area contributed by atoms with Gasteiger partial charge in [0.05, 0.1) is 0 Å². The van der Waals surface area contributed by atoms with Gasteiger partial charge in [0.2, 0.25) is 0 Å². The Bertz CT molecular complexity index is 535. The van der Waals surface area contributed by atoms with E-state index in [0.717, 1.165) is 32.2 Å². The molecule has 0 amide bonds. The first-order valence-electron chi connectivity index (χ1n) is 7.61. The molecule has 0 spiro atoms. The van der Waals surface area contributed by atoms with Crippen LogP contribution in [0.3, 0.4) is 0 Å². The van der Waals surface area contributed by atoms with Gasteiger partial charge in [-0.25, -0.2) is 0 Å². The number of hydrogen-bond donors (Lipinski definition) is 2. The molecule has 0 bridgehead atoms. The quantitative estimate of drug-likeness (QED) is 0.892. The van der Waals surface area contributed by atoms with Gasteiger partial charge in [0, 0.05) is 37.8 Å². The number of aromatic hydroxyl groups is 1. The van der Waals surface area contributed by atoms with Crippen molar-refractivity contribution in [3.63, 3.8) is 0 Å². The van der Waals surface area contributed by atoms with Crippen LogP contribution in [-0.2, 0) is 0 Å². The van der Waals surface area contributed by atoms with Crippen LogP contribution in [0.4, 0.5) is 13.2 Å². The molecule has 1 saturated heterocycles. The van der Waals surface area contributed by atoms with E-state index in [-0.39, 0.29) is 23.0 Å². The summed E-state index contributed by atoms with van der Waals surface area (Å²) in [5.41, 5.74) is 0.201. The van der Waals surface area contributed by atoms with Crippen molar-refractivity contribution in [1.29, 1.82) is 0 Å². The van der Waals surface area contributed by atoms with Gasteiger partial charge >= 0.3 is 6.36 Å². The van der Waals surface area contributed by atoms with E-state index in [1.165, 1.54) is 12.1 Å². The second-order valence-corrected chi connectivity index (χ2v) is 6.82. The van der Waals surface area contributed by atoms with Gasteiger partial charge in [-0.05, 0) is 23.6 Å². The largest absolute Gasteiger partial charge is 0.573 e. The second kappa shape index (κ2) is 6.57. The molecule has 0 unspecified atom stereocenters. The fraction of sp³-hybridized carbons (Fsp3) is 0.625. The fourth-order valence-electron chi connectivity index (χ4n) is 3.10. The van der Waals surface area contributed by atoms with E-state index < -0.39 is 6.36 Å². The highest BCUT2D eigenvalue weighted by Crippen LogP contribution is 2.43. The van der Waals surface area contributed by atoms with Crippen LogP contribution < -0.4 is 10.1 Å². The Morgan fingerprint density at radius 3 is 2.30 bits per heavy atom. The minimum absolute atomic E-state index is 0.0158. The van der Waals surface area contributed by atoms with E-state index >= 15 is 0 Å². The number of piperazine rings is 1. The molecular formula is C16H23F3N2O2. The average molecular weight is 332 g/mol. The van der Waals surface area contributed by atoms with Crippen molar-refractivity contribution < 1.29 is 23.0 Å². The number of benzene rings is 1. The summed E-state index contributed by atoms with van der Waals surface area (Å²) in [5.74, 6) is -0.326. The highest BCUT2D eigenvalue weighted by molar-refractivity contribution is 5.42. The van der Waals surface area contributed by atoms with E-state index in [9.17, 15) is 18.3 Å². The molecule has 4 nitrogen and oxygen atoms in total. The molecule has 1 aromatic rings.